The van der Waals surface area contributed by atoms with E-state index in [0.717, 1.165) is 0 Å². The lowest BCUT2D eigenvalue weighted by molar-refractivity contribution is 0.0941. The van der Waals surface area contributed by atoms with E-state index in [1.54, 1.807) is 36.5 Å². The highest BCUT2D eigenvalue weighted by atomic mass is 16.2. The number of rotatable bonds is 3. The molecule has 17 heavy (non-hydrogen) atoms. The molecule has 0 unspecified atom stereocenters. The summed E-state index contributed by atoms with van der Waals surface area (Å²) in [7, 11) is 0. The van der Waals surface area contributed by atoms with Gasteiger partial charge in [0.1, 0.15) is 0 Å². The second-order valence-electron chi connectivity index (χ2n) is 3.40. The lowest BCUT2D eigenvalue weighted by Crippen LogP contribution is -2.32. The predicted molar refractivity (Wildman–Crippen MR) is 62.4 cm³/mol. The van der Waals surface area contributed by atoms with Crippen molar-refractivity contribution in [3.63, 3.8) is 0 Å². The Balaban J connectivity index is 2.02. The molecule has 0 aliphatic heterocycles. The van der Waals surface area contributed by atoms with Crippen LogP contribution in [0.4, 0.5) is 0 Å². The molecule has 0 aliphatic carbocycles. The van der Waals surface area contributed by atoms with Crippen LogP contribution in [0.15, 0.2) is 53.6 Å². The fraction of sp³-hybridized carbons (Fsp3) is 0.0833. The van der Waals surface area contributed by atoms with E-state index in [0.29, 0.717) is 5.56 Å². The van der Waals surface area contributed by atoms with Gasteiger partial charge in [-0.05, 0) is 18.2 Å². The molecular weight excluding hydrogens is 218 g/mol. The van der Waals surface area contributed by atoms with Gasteiger partial charge in [0.05, 0.1) is 6.67 Å². The fourth-order valence-electron chi connectivity index (χ4n) is 1.36. The zero-order valence-electron chi connectivity index (χ0n) is 9.04. The van der Waals surface area contributed by atoms with Crippen LogP contribution < -0.4 is 11.0 Å². The maximum absolute atomic E-state index is 11.7. The Morgan fingerprint density at radius 3 is 2.71 bits per heavy atom. The molecule has 2 rings (SSSR count). The Morgan fingerprint density at radius 2 is 2.00 bits per heavy atom. The Morgan fingerprint density at radius 1 is 1.24 bits per heavy atom. The van der Waals surface area contributed by atoms with Crippen molar-refractivity contribution in [3.05, 3.63) is 64.8 Å². The highest BCUT2D eigenvalue weighted by Gasteiger charge is 2.03. The third-order valence-corrected chi connectivity index (χ3v) is 2.23. The number of carbonyl (C=O) groups is 1. The quantitative estimate of drug-likeness (QED) is 0.839. The number of nitrogens with zero attached hydrogens (tertiary/aromatic N) is 2. The van der Waals surface area contributed by atoms with Gasteiger partial charge in [0, 0.05) is 18.0 Å². The van der Waals surface area contributed by atoms with Crippen LogP contribution in [0.3, 0.4) is 0 Å². The van der Waals surface area contributed by atoms with Crippen molar-refractivity contribution in [2.45, 2.75) is 6.67 Å². The van der Waals surface area contributed by atoms with Crippen molar-refractivity contribution in [2.75, 3.05) is 0 Å². The molecule has 2 aromatic rings. The summed E-state index contributed by atoms with van der Waals surface area (Å²) in [5, 5.41) is 2.64. The van der Waals surface area contributed by atoms with Gasteiger partial charge in [-0.2, -0.15) is 0 Å². The summed E-state index contributed by atoms with van der Waals surface area (Å²) in [5.41, 5.74) is 0.172. The summed E-state index contributed by atoms with van der Waals surface area (Å²) in [5.74, 6) is -0.221. The number of amides is 1. The first-order valence-electron chi connectivity index (χ1n) is 5.12. The maximum Gasteiger partial charge on any atom is 0.348 e. The molecule has 5 heteroatoms. The predicted octanol–water partition coefficient (Wildman–Crippen LogP) is 0.631. The zero-order valence-corrected chi connectivity index (χ0v) is 9.04. The lowest BCUT2D eigenvalue weighted by Gasteiger charge is -2.06. The van der Waals surface area contributed by atoms with Gasteiger partial charge in [-0.3, -0.25) is 9.36 Å². The monoisotopic (exact) mass is 229 g/mol. The van der Waals surface area contributed by atoms with Crippen LogP contribution in [-0.4, -0.2) is 15.5 Å². The fourth-order valence-corrected chi connectivity index (χ4v) is 1.36. The normalized spacial score (nSPS) is 9.88. The first-order chi connectivity index (χ1) is 8.27. The number of benzene rings is 1. The molecular formula is C12H11N3O2. The number of hydrogen-bond acceptors (Lipinski definition) is 3. The van der Waals surface area contributed by atoms with Crippen LogP contribution in [0, 0.1) is 0 Å². The van der Waals surface area contributed by atoms with Crippen LogP contribution in [0.2, 0.25) is 0 Å². The maximum atomic E-state index is 11.7. The van der Waals surface area contributed by atoms with Crippen molar-refractivity contribution in [1.29, 1.82) is 0 Å². The molecule has 1 N–H and O–H groups in total. The summed E-state index contributed by atoms with van der Waals surface area (Å²) in [4.78, 5) is 26.5. The van der Waals surface area contributed by atoms with Gasteiger partial charge in [0.15, 0.2) is 0 Å². The Labute approximate surface area is 97.7 Å². The lowest BCUT2D eigenvalue weighted by atomic mass is 10.2. The zero-order chi connectivity index (χ0) is 12.1. The van der Waals surface area contributed by atoms with E-state index in [4.69, 9.17) is 0 Å². The Kier molecular flexibility index (Phi) is 3.30. The van der Waals surface area contributed by atoms with Gasteiger partial charge in [0.2, 0.25) is 0 Å². The van der Waals surface area contributed by atoms with Crippen molar-refractivity contribution in [3.8, 4) is 0 Å². The number of nitrogens with one attached hydrogen (secondary N) is 1. The highest BCUT2D eigenvalue weighted by molar-refractivity contribution is 5.93. The van der Waals surface area contributed by atoms with E-state index in [1.807, 2.05) is 6.07 Å². The Hall–Kier alpha value is -2.43. The second kappa shape index (κ2) is 5.07. The van der Waals surface area contributed by atoms with Crippen LogP contribution in [0.5, 0.6) is 0 Å². The molecule has 0 atom stereocenters. The number of carbonyl (C=O) groups excluding carboxylic acids is 1. The summed E-state index contributed by atoms with van der Waals surface area (Å²) in [6.45, 7) is 0.112. The van der Waals surface area contributed by atoms with Gasteiger partial charge in [-0.15, -0.1) is 0 Å². The summed E-state index contributed by atoms with van der Waals surface area (Å²) >= 11 is 0. The summed E-state index contributed by atoms with van der Waals surface area (Å²) < 4.78 is 1.32. The molecule has 0 radical (unpaired) electrons. The third kappa shape index (κ3) is 2.78. The van der Waals surface area contributed by atoms with E-state index in [1.165, 1.54) is 10.8 Å². The molecule has 0 aliphatic rings. The van der Waals surface area contributed by atoms with E-state index in [9.17, 15) is 9.59 Å². The van der Waals surface area contributed by atoms with Crippen LogP contribution in [0.25, 0.3) is 0 Å². The van der Waals surface area contributed by atoms with E-state index in [2.05, 4.69) is 10.3 Å². The largest absolute Gasteiger partial charge is 0.348 e. The Bertz CT molecular complexity index is 563. The standard InChI is InChI=1S/C12H11N3O2/c16-11(10-5-2-1-3-6-10)14-9-15-8-4-7-13-12(15)17/h1-8H,9H2,(H,14,16). The van der Waals surface area contributed by atoms with Gasteiger partial charge >= 0.3 is 5.69 Å². The van der Waals surface area contributed by atoms with Gasteiger partial charge in [-0.1, -0.05) is 18.2 Å². The minimum Gasteiger partial charge on any atom is -0.334 e. The van der Waals surface area contributed by atoms with E-state index in [-0.39, 0.29) is 18.3 Å². The van der Waals surface area contributed by atoms with E-state index < -0.39 is 0 Å². The molecule has 1 aromatic carbocycles. The first kappa shape index (κ1) is 11.1. The van der Waals surface area contributed by atoms with Gasteiger partial charge < -0.3 is 5.32 Å². The van der Waals surface area contributed by atoms with Crippen molar-refractivity contribution >= 4 is 5.91 Å². The number of aromatic nitrogens is 2. The van der Waals surface area contributed by atoms with Crippen molar-refractivity contribution < 1.29 is 4.79 Å². The SMILES string of the molecule is O=C(NCn1cccnc1=O)c1ccccc1. The van der Waals surface area contributed by atoms with Crippen LogP contribution >= 0.6 is 0 Å². The average molecular weight is 229 g/mol. The highest BCUT2D eigenvalue weighted by Crippen LogP contribution is 1.97. The molecule has 0 fully saturated rings. The smallest absolute Gasteiger partial charge is 0.334 e. The minimum absolute atomic E-state index is 0.112. The topological polar surface area (TPSA) is 64.0 Å². The molecule has 0 bridgehead atoms. The molecule has 1 amide bonds. The van der Waals surface area contributed by atoms with Crippen LogP contribution in [-0.2, 0) is 6.67 Å². The molecule has 0 saturated carbocycles. The van der Waals surface area contributed by atoms with E-state index >= 15 is 0 Å². The molecule has 1 heterocycles. The molecule has 1 aromatic heterocycles. The van der Waals surface area contributed by atoms with Gasteiger partial charge in [-0.25, -0.2) is 9.78 Å². The summed E-state index contributed by atoms with van der Waals surface area (Å²) in [6, 6.07) is 10.5. The molecule has 86 valence electrons. The molecule has 0 saturated heterocycles. The van der Waals surface area contributed by atoms with Gasteiger partial charge in [0.25, 0.3) is 5.91 Å². The summed E-state index contributed by atoms with van der Waals surface area (Å²) in [6.07, 6.45) is 2.98. The third-order valence-electron chi connectivity index (χ3n) is 2.23. The minimum atomic E-state index is -0.388. The molecule has 5 nitrogen and oxygen atoms in total. The first-order valence-corrected chi connectivity index (χ1v) is 5.12. The van der Waals surface area contributed by atoms with Crippen molar-refractivity contribution in [1.82, 2.24) is 14.9 Å². The van der Waals surface area contributed by atoms with Crippen molar-refractivity contribution in [2.24, 2.45) is 0 Å². The second-order valence-corrected chi connectivity index (χ2v) is 3.40. The average Bonchev–Trinajstić information content (AvgIpc) is 2.38. The number of hydrogen-bond donors (Lipinski definition) is 1. The van der Waals surface area contributed by atoms with Crippen LogP contribution in [0.1, 0.15) is 10.4 Å². The molecule has 0 spiro atoms.